The molecule has 2 saturated carbocycles. The topological polar surface area (TPSA) is 104 Å². The summed E-state index contributed by atoms with van der Waals surface area (Å²) >= 11 is 0. The number of para-hydroxylation sites is 3. The van der Waals surface area contributed by atoms with Crippen molar-refractivity contribution < 1.29 is 8.83 Å². The van der Waals surface area contributed by atoms with Crippen LogP contribution < -0.4 is 0 Å². The molecule has 2 spiro atoms. The van der Waals surface area contributed by atoms with Gasteiger partial charge in [-0.25, -0.2) is 29.9 Å². The summed E-state index contributed by atoms with van der Waals surface area (Å²) in [5.74, 6) is 3.64. The minimum Gasteiger partial charge on any atom is -0.456 e. The number of benzene rings is 16. The predicted molar refractivity (Wildman–Crippen MR) is 498 cm³/mol. The van der Waals surface area contributed by atoms with Crippen molar-refractivity contribution >= 4 is 43.9 Å². The second kappa shape index (κ2) is 30.2. The molecule has 4 heterocycles. The summed E-state index contributed by atoms with van der Waals surface area (Å²) in [6.07, 6.45) is 12.7. The summed E-state index contributed by atoms with van der Waals surface area (Å²) in [7, 11) is 0. The molecular formula is C114H82N6O2. The van der Waals surface area contributed by atoms with E-state index in [0.29, 0.717) is 34.9 Å². The number of hydrogen-bond donors (Lipinski definition) is 0. The molecule has 0 N–H and O–H groups in total. The van der Waals surface area contributed by atoms with E-state index in [9.17, 15) is 0 Å². The molecule has 0 unspecified atom stereocenters. The van der Waals surface area contributed by atoms with Crippen LogP contribution in [-0.2, 0) is 10.8 Å². The Bertz CT molecular complexity index is 7440. The minimum absolute atomic E-state index is 0.131. The lowest BCUT2D eigenvalue weighted by molar-refractivity contribution is 0.353. The van der Waals surface area contributed by atoms with E-state index < -0.39 is 0 Å². The Kier molecular flexibility index (Phi) is 17.9. The van der Waals surface area contributed by atoms with E-state index in [-0.39, 0.29) is 10.8 Å². The van der Waals surface area contributed by atoms with Gasteiger partial charge in [0.1, 0.15) is 22.3 Å². The summed E-state index contributed by atoms with van der Waals surface area (Å²) in [6.45, 7) is 0. The SMILES string of the molecule is c1ccc(-c2ccc(-c3nc(-c4ccc(-c5cccc(-c6cccc7c6-c6ccccc6C76CCCCC6)c5)cc4)nc(-c4ccc5oc6ccccc6c5c4)n3)cc2)cc1.c1ccc(-c2cccc(-c3nc(-c4ccc(-c5cccc(-c6cccc7c6-c6ccccc6C76CCCCC6)c5)cc4)nc(-c4cccc5c4oc4ccccc45)n3)c2)cc1. The summed E-state index contributed by atoms with van der Waals surface area (Å²) in [4.78, 5) is 30.8. The summed E-state index contributed by atoms with van der Waals surface area (Å²) in [6, 6.07) is 134. The molecule has 4 aromatic heterocycles. The number of fused-ring (bicyclic) bond motifs is 16. The lowest BCUT2D eigenvalue weighted by Gasteiger charge is -2.36. The molecule has 4 aliphatic rings. The Balaban J connectivity index is 0.000000142. The maximum Gasteiger partial charge on any atom is 0.167 e. The van der Waals surface area contributed by atoms with Crippen molar-refractivity contribution in [3.05, 3.63) is 398 Å². The Morgan fingerprint density at radius 2 is 0.484 bits per heavy atom. The van der Waals surface area contributed by atoms with Crippen LogP contribution in [0.4, 0.5) is 0 Å². The number of nitrogens with zero attached hydrogens (tertiary/aromatic N) is 6. The van der Waals surface area contributed by atoms with Gasteiger partial charge in [0.2, 0.25) is 0 Å². The molecule has 580 valence electrons. The maximum atomic E-state index is 6.48. The zero-order chi connectivity index (χ0) is 80.7. The summed E-state index contributed by atoms with van der Waals surface area (Å²) in [5, 5.41) is 4.21. The van der Waals surface area contributed by atoms with E-state index in [1.807, 2.05) is 66.7 Å². The summed E-state index contributed by atoms with van der Waals surface area (Å²) < 4.78 is 12.6. The van der Waals surface area contributed by atoms with E-state index in [4.69, 9.17) is 38.7 Å². The maximum absolute atomic E-state index is 6.48. The second-order valence-corrected chi connectivity index (χ2v) is 33.2. The van der Waals surface area contributed by atoms with Gasteiger partial charge < -0.3 is 8.83 Å². The van der Waals surface area contributed by atoms with Gasteiger partial charge in [0, 0.05) is 60.2 Å². The Morgan fingerprint density at radius 3 is 0.992 bits per heavy atom. The molecule has 0 bridgehead atoms. The van der Waals surface area contributed by atoms with E-state index >= 15 is 0 Å². The van der Waals surface area contributed by atoms with Crippen LogP contribution in [0, 0.1) is 0 Å². The van der Waals surface area contributed by atoms with Crippen LogP contribution in [0.2, 0.25) is 0 Å². The van der Waals surface area contributed by atoms with Gasteiger partial charge in [0.25, 0.3) is 0 Å². The van der Waals surface area contributed by atoms with E-state index in [1.165, 1.54) is 148 Å². The van der Waals surface area contributed by atoms with Crippen LogP contribution in [-0.4, -0.2) is 29.9 Å². The van der Waals surface area contributed by atoms with Gasteiger partial charge in [-0.2, -0.15) is 0 Å². The Labute approximate surface area is 708 Å². The minimum atomic E-state index is 0.131. The van der Waals surface area contributed by atoms with E-state index in [1.54, 1.807) is 0 Å². The van der Waals surface area contributed by atoms with Gasteiger partial charge in [-0.3, -0.25) is 0 Å². The van der Waals surface area contributed by atoms with Gasteiger partial charge in [-0.05, 0) is 192 Å². The molecule has 0 aliphatic heterocycles. The van der Waals surface area contributed by atoms with Crippen molar-refractivity contribution in [2.24, 2.45) is 0 Å². The molecular weight excluding hydrogens is 1490 g/mol. The molecule has 0 saturated heterocycles. The van der Waals surface area contributed by atoms with Crippen LogP contribution in [0.3, 0.4) is 0 Å². The standard InChI is InChI=1S/2C57H41N3O/c1-3-15-37(16-4-1)41-18-12-20-43(36-41)55-58-54(59-56(60-55)48-25-13-24-46-45-21-6-8-28-51(45)61-53(46)48)39-31-29-38(30-32-39)40-17-11-19-42(35-40)44-23-14-27-50-52(44)47-22-5-7-26-49(47)57(50)33-9-2-10-34-57;1-3-13-37(14-4-1)38-23-27-40(28-24-38)54-58-55(60-56(59-54)44-31-32-52-48(36-44)46-17-6-8-22-51(46)61-52)41-29-25-39(26-30-41)42-15-11-16-43(35-42)45-19-12-21-50-53(45)47-18-5-7-20-49(47)57(50)33-9-2-10-34-57/h2*1,3-8,11-32,35-36H,2,9-10,33-34H2. The van der Waals surface area contributed by atoms with Gasteiger partial charge >= 0.3 is 0 Å². The Morgan fingerprint density at radius 1 is 0.180 bits per heavy atom. The lowest BCUT2D eigenvalue weighted by atomic mass is 9.68. The highest BCUT2D eigenvalue weighted by molar-refractivity contribution is 6.10. The third-order valence-electron chi connectivity index (χ3n) is 26.3. The van der Waals surface area contributed by atoms with Gasteiger partial charge in [0.05, 0.1) is 5.56 Å². The molecule has 4 aliphatic carbocycles. The molecule has 8 nitrogen and oxygen atoms in total. The zero-order valence-electron chi connectivity index (χ0n) is 67.4. The number of rotatable bonds is 12. The van der Waals surface area contributed by atoms with Gasteiger partial charge in [-0.1, -0.05) is 360 Å². The lowest BCUT2D eigenvalue weighted by Crippen LogP contribution is -2.27. The quantitative estimate of drug-likeness (QED) is 0.119. The van der Waals surface area contributed by atoms with Crippen molar-refractivity contribution in [1.29, 1.82) is 0 Å². The largest absolute Gasteiger partial charge is 0.456 e. The third-order valence-corrected chi connectivity index (χ3v) is 26.3. The van der Waals surface area contributed by atoms with Crippen LogP contribution in [0.25, 0.3) is 201 Å². The number of furan rings is 2. The first-order valence-corrected chi connectivity index (χ1v) is 42.9. The first-order chi connectivity index (χ1) is 60.4. The van der Waals surface area contributed by atoms with Crippen LogP contribution in [0.1, 0.15) is 86.5 Å². The predicted octanol–water partition coefficient (Wildman–Crippen LogP) is 30.0. The van der Waals surface area contributed by atoms with Crippen molar-refractivity contribution in [3.8, 4) is 157 Å². The highest BCUT2D eigenvalue weighted by Crippen LogP contribution is 2.60. The fourth-order valence-corrected chi connectivity index (χ4v) is 20.5. The Hall–Kier alpha value is -14.9. The zero-order valence-corrected chi connectivity index (χ0v) is 67.4. The molecule has 0 radical (unpaired) electrons. The normalized spacial score (nSPS) is 14.0. The van der Waals surface area contributed by atoms with Crippen molar-refractivity contribution in [3.63, 3.8) is 0 Å². The van der Waals surface area contributed by atoms with Gasteiger partial charge in [-0.15, -0.1) is 0 Å². The highest BCUT2D eigenvalue weighted by atomic mass is 16.3. The van der Waals surface area contributed by atoms with E-state index in [2.05, 4.69) is 309 Å². The van der Waals surface area contributed by atoms with Crippen molar-refractivity contribution in [2.75, 3.05) is 0 Å². The third kappa shape index (κ3) is 12.7. The van der Waals surface area contributed by atoms with Gasteiger partial charge in [0.15, 0.2) is 34.9 Å². The molecule has 24 rings (SSSR count). The first-order valence-electron chi connectivity index (χ1n) is 42.9. The average Bonchev–Trinajstić information content (AvgIpc) is 1.55. The average molecular weight is 1570 g/mol. The molecule has 8 heteroatoms. The smallest absolute Gasteiger partial charge is 0.167 e. The van der Waals surface area contributed by atoms with Crippen LogP contribution in [0.15, 0.2) is 385 Å². The molecule has 0 amide bonds. The fourth-order valence-electron chi connectivity index (χ4n) is 20.5. The fraction of sp³-hybridized carbons (Fsp3) is 0.105. The van der Waals surface area contributed by atoms with E-state index in [0.717, 1.165) is 105 Å². The molecule has 122 heavy (non-hydrogen) atoms. The monoisotopic (exact) mass is 1570 g/mol. The molecule has 0 atom stereocenters. The molecule has 20 aromatic rings. The highest BCUT2D eigenvalue weighted by Gasteiger charge is 2.46. The van der Waals surface area contributed by atoms with Crippen LogP contribution in [0.5, 0.6) is 0 Å². The summed E-state index contributed by atoms with van der Waals surface area (Å²) in [5.41, 5.74) is 35.0. The second-order valence-electron chi connectivity index (χ2n) is 33.2. The van der Waals surface area contributed by atoms with Crippen molar-refractivity contribution in [2.45, 2.75) is 75.0 Å². The molecule has 2 fully saturated rings. The molecule has 16 aromatic carbocycles. The number of hydrogen-bond acceptors (Lipinski definition) is 8. The number of aromatic nitrogens is 6. The first kappa shape index (κ1) is 72.4. The van der Waals surface area contributed by atoms with Crippen molar-refractivity contribution in [1.82, 2.24) is 29.9 Å². The van der Waals surface area contributed by atoms with Crippen LogP contribution >= 0.6 is 0 Å².